The van der Waals surface area contributed by atoms with Crippen LogP contribution in [0.15, 0.2) is 36.4 Å². The van der Waals surface area contributed by atoms with E-state index < -0.39 is 30.1 Å². The van der Waals surface area contributed by atoms with Crippen molar-refractivity contribution in [3.8, 4) is 11.1 Å². The van der Waals surface area contributed by atoms with E-state index in [0.29, 0.717) is 22.4 Å². The van der Waals surface area contributed by atoms with Crippen molar-refractivity contribution in [3.63, 3.8) is 0 Å². The first-order valence-corrected chi connectivity index (χ1v) is 6.86. The Morgan fingerprint density at radius 3 is 2.17 bits per heavy atom. The van der Waals surface area contributed by atoms with E-state index in [0.717, 1.165) is 6.07 Å². The van der Waals surface area contributed by atoms with Crippen molar-refractivity contribution in [2.24, 2.45) is 0 Å². The molecule has 0 aromatic heterocycles. The fraction of sp³-hybridized carbons (Fsp3) is 0.250. The molecule has 2 aromatic rings. The van der Waals surface area contributed by atoms with Crippen molar-refractivity contribution < 1.29 is 23.4 Å². The van der Waals surface area contributed by atoms with Crippen LogP contribution in [0.5, 0.6) is 0 Å². The van der Waals surface area contributed by atoms with Crippen molar-refractivity contribution in [2.45, 2.75) is 18.7 Å². The molecule has 0 saturated heterocycles. The van der Waals surface area contributed by atoms with Crippen LogP contribution in [-0.4, -0.2) is 22.9 Å². The summed E-state index contributed by atoms with van der Waals surface area (Å²) in [6, 6.07) is 8.48. The first kappa shape index (κ1) is 17.1. The Labute approximate surface area is 131 Å². The van der Waals surface area contributed by atoms with Crippen LogP contribution in [0.1, 0.15) is 11.1 Å². The van der Waals surface area contributed by atoms with Crippen LogP contribution in [0.4, 0.5) is 24.5 Å². The number of nitrogen functional groups attached to an aromatic ring is 2. The van der Waals surface area contributed by atoms with Crippen molar-refractivity contribution in [3.05, 3.63) is 47.5 Å². The number of hydrogen-bond acceptors (Lipinski definition) is 4. The van der Waals surface area contributed by atoms with Gasteiger partial charge in [0.05, 0.1) is 18.3 Å². The minimum absolute atomic E-state index is 0.0153. The van der Waals surface area contributed by atoms with Gasteiger partial charge in [-0.1, -0.05) is 12.1 Å². The number of aliphatic hydroxyl groups excluding tert-OH is 2. The maximum atomic E-state index is 13.1. The first-order chi connectivity index (χ1) is 10.7. The Morgan fingerprint density at radius 1 is 1.04 bits per heavy atom. The molecule has 1 unspecified atom stereocenters. The van der Waals surface area contributed by atoms with Crippen molar-refractivity contribution in [1.29, 1.82) is 0 Å². The molecule has 124 valence electrons. The second kappa shape index (κ2) is 6.47. The van der Waals surface area contributed by atoms with E-state index in [9.17, 15) is 18.3 Å². The Hall–Kier alpha value is -2.25. The van der Waals surface area contributed by atoms with Crippen LogP contribution in [0.2, 0.25) is 0 Å². The van der Waals surface area contributed by atoms with E-state index in [1.54, 1.807) is 24.3 Å². The number of halogens is 3. The van der Waals surface area contributed by atoms with Gasteiger partial charge in [-0.25, -0.2) is 0 Å². The van der Waals surface area contributed by atoms with Crippen LogP contribution in [0.3, 0.4) is 0 Å². The molecule has 0 saturated carbocycles. The molecule has 6 N–H and O–H groups in total. The van der Waals surface area contributed by atoms with E-state index in [1.807, 2.05) is 0 Å². The molecule has 0 aliphatic carbocycles. The predicted molar refractivity (Wildman–Crippen MR) is 82.5 cm³/mol. The highest BCUT2D eigenvalue weighted by atomic mass is 19.4. The van der Waals surface area contributed by atoms with Crippen LogP contribution >= 0.6 is 0 Å². The fourth-order valence-electron chi connectivity index (χ4n) is 2.33. The molecule has 0 amide bonds. The Balaban J connectivity index is 2.61. The second-order valence-corrected chi connectivity index (χ2v) is 5.26. The number of anilines is 2. The zero-order valence-electron chi connectivity index (χ0n) is 12.1. The second-order valence-electron chi connectivity index (χ2n) is 5.26. The van der Waals surface area contributed by atoms with Gasteiger partial charge in [-0.3, -0.25) is 0 Å². The van der Waals surface area contributed by atoms with E-state index in [2.05, 4.69) is 0 Å². The third-order valence-corrected chi connectivity index (χ3v) is 3.47. The van der Waals surface area contributed by atoms with Crippen molar-refractivity contribution in [2.75, 3.05) is 18.1 Å². The Bertz CT molecular complexity index is 685. The predicted octanol–water partition coefficient (Wildman–Crippen LogP) is 2.43. The Morgan fingerprint density at radius 2 is 1.65 bits per heavy atom. The molecule has 0 radical (unpaired) electrons. The van der Waals surface area contributed by atoms with E-state index in [1.165, 1.54) is 6.07 Å². The molecule has 23 heavy (non-hydrogen) atoms. The standard InChI is InChI=1S/C16H17F3N2O2/c17-16(18,19)14-7-13(9-1-3-11(20)4-2-9)10(6-15(14)21)5-12(23)8-22/h1-4,6-7,12,22-23H,5,8,20-21H2. The fourth-order valence-corrected chi connectivity index (χ4v) is 2.33. The lowest BCUT2D eigenvalue weighted by molar-refractivity contribution is -0.136. The van der Waals surface area contributed by atoms with E-state index >= 15 is 0 Å². The number of benzene rings is 2. The van der Waals surface area contributed by atoms with Gasteiger partial charge in [-0.05, 0) is 41.0 Å². The zero-order valence-corrected chi connectivity index (χ0v) is 12.1. The average Bonchev–Trinajstić information content (AvgIpc) is 2.47. The minimum atomic E-state index is -4.58. The molecule has 0 bridgehead atoms. The van der Waals surface area contributed by atoms with Gasteiger partial charge in [-0.2, -0.15) is 13.2 Å². The third-order valence-electron chi connectivity index (χ3n) is 3.47. The molecule has 4 nitrogen and oxygen atoms in total. The number of alkyl halides is 3. The maximum absolute atomic E-state index is 13.1. The summed E-state index contributed by atoms with van der Waals surface area (Å²) >= 11 is 0. The summed E-state index contributed by atoms with van der Waals surface area (Å²) in [5.41, 5.74) is 11.5. The Kier molecular flexibility index (Phi) is 4.82. The molecule has 0 spiro atoms. The highest BCUT2D eigenvalue weighted by Crippen LogP contribution is 2.38. The molecular weight excluding hydrogens is 309 g/mol. The largest absolute Gasteiger partial charge is 0.418 e. The first-order valence-electron chi connectivity index (χ1n) is 6.86. The summed E-state index contributed by atoms with van der Waals surface area (Å²) in [7, 11) is 0. The van der Waals surface area contributed by atoms with Crippen LogP contribution in [0.25, 0.3) is 11.1 Å². The molecule has 2 rings (SSSR count). The maximum Gasteiger partial charge on any atom is 0.418 e. The van der Waals surface area contributed by atoms with E-state index in [-0.39, 0.29) is 6.42 Å². The van der Waals surface area contributed by atoms with Gasteiger partial charge >= 0.3 is 6.18 Å². The van der Waals surface area contributed by atoms with Gasteiger partial charge in [0.2, 0.25) is 0 Å². The molecule has 0 fully saturated rings. The average molecular weight is 326 g/mol. The highest BCUT2D eigenvalue weighted by molar-refractivity contribution is 5.73. The third kappa shape index (κ3) is 3.94. The van der Waals surface area contributed by atoms with Crippen LogP contribution in [0, 0.1) is 0 Å². The van der Waals surface area contributed by atoms with Gasteiger partial charge in [0.1, 0.15) is 0 Å². The molecule has 0 aliphatic rings. The summed E-state index contributed by atoms with van der Waals surface area (Å²) in [4.78, 5) is 0. The van der Waals surface area contributed by atoms with Gasteiger partial charge in [0, 0.05) is 17.8 Å². The topological polar surface area (TPSA) is 92.5 Å². The lowest BCUT2D eigenvalue weighted by Gasteiger charge is -2.18. The number of rotatable bonds is 4. The quantitative estimate of drug-likeness (QED) is 0.649. The number of hydrogen-bond donors (Lipinski definition) is 4. The van der Waals surface area contributed by atoms with Crippen molar-refractivity contribution >= 4 is 11.4 Å². The van der Waals surface area contributed by atoms with Crippen molar-refractivity contribution in [1.82, 2.24) is 0 Å². The summed E-state index contributed by atoms with van der Waals surface area (Å²) < 4.78 is 39.2. The molecule has 7 heteroatoms. The zero-order chi connectivity index (χ0) is 17.2. The minimum Gasteiger partial charge on any atom is -0.399 e. The lowest BCUT2D eigenvalue weighted by Crippen LogP contribution is -2.17. The summed E-state index contributed by atoms with van der Waals surface area (Å²) in [6.07, 6.45) is -5.68. The molecule has 0 heterocycles. The molecule has 2 aromatic carbocycles. The van der Waals surface area contributed by atoms with Gasteiger partial charge in [-0.15, -0.1) is 0 Å². The van der Waals surface area contributed by atoms with Gasteiger partial charge < -0.3 is 21.7 Å². The summed E-state index contributed by atoms with van der Waals surface area (Å²) in [5.74, 6) is 0. The normalized spacial score (nSPS) is 13.1. The molecule has 1 atom stereocenters. The number of nitrogens with two attached hydrogens (primary N) is 2. The highest BCUT2D eigenvalue weighted by Gasteiger charge is 2.34. The van der Waals surface area contributed by atoms with Crippen LogP contribution in [-0.2, 0) is 12.6 Å². The van der Waals surface area contributed by atoms with Gasteiger partial charge in [0.15, 0.2) is 0 Å². The SMILES string of the molecule is Nc1ccc(-c2cc(C(F)(F)F)c(N)cc2CC(O)CO)cc1. The smallest absolute Gasteiger partial charge is 0.399 e. The number of aliphatic hydroxyl groups is 2. The van der Waals surface area contributed by atoms with Gasteiger partial charge in [0.25, 0.3) is 0 Å². The van der Waals surface area contributed by atoms with E-state index in [4.69, 9.17) is 16.6 Å². The van der Waals surface area contributed by atoms with Crippen LogP contribution < -0.4 is 11.5 Å². The lowest BCUT2D eigenvalue weighted by atomic mass is 9.92. The molecule has 0 aliphatic heterocycles. The monoisotopic (exact) mass is 326 g/mol. The summed E-state index contributed by atoms with van der Waals surface area (Å²) in [5, 5.41) is 18.6. The molecular formula is C16H17F3N2O2. The summed E-state index contributed by atoms with van der Waals surface area (Å²) in [6.45, 7) is -0.498.